The highest BCUT2D eigenvalue weighted by molar-refractivity contribution is 5.35. The van der Waals surface area contributed by atoms with E-state index in [1.54, 1.807) is 19.9 Å². The van der Waals surface area contributed by atoms with Crippen LogP contribution in [0.25, 0.3) is 0 Å². The third-order valence-electron chi connectivity index (χ3n) is 9.49. The summed E-state index contributed by atoms with van der Waals surface area (Å²) in [6, 6.07) is 25.0. The Balaban J connectivity index is 0.000000366. The van der Waals surface area contributed by atoms with Crippen molar-refractivity contribution in [3.8, 4) is 6.07 Å². The van der Waals surface area contributed by atoms with Gasteiger partial charge in [0.2, 0.25) is 0 Å². The number of likely N-dealkylation sites (tertiary alicyclic amines) is 1. The summed E-state index contributed by atoms with van der Waals surface area (Å²) in [6.45, 7) is 33.6. The van der Waals surface area contributed by atoms with E-state index in [1.165, 1.54) is 54.6 Å². The Kier molecular flexibility index (Phi) is 18.2. The smallest absolute Gasteiger partial charge is 0.130 e. The van der Waals surface area contributed by atoms with Crippen LogP contribution in [-0.4, -0.2) is 31.1 Å². The highest BCUT2D eigenvalue weighted by atomic mass is 19.1. The lowest BCUT2D eigenvalue weighted by Gasteiger charge is -2.28. The number of nitriles is 1. The lowest BCUT2D eigenvalue weighted by atomic mass is 9.83. The van der Waals surface area contributed by atoms with Crippen molar-refractivity contribution >= 4 is 0 Å². The van der Waals surface area contributed by atoms with Crippen LogP contribution in [0, 0.1) is 25.2 Å². The molecule has 4 N–H and O–H groups in total. The topological polar surface area (TPSA) is 79.1 Å². The van der Waals surface area contributed by atoms with Gasteiger partial charge in [-0.1, -0.05) is 137 Å². The zero-order chi connectivity index (χ0) is 39.0. The number of nitrogens with two attached hydrogens (primary N) is 2. The van der Waals surface area contributed by atoms with Gasteiger partial charge in [-0.3, -0.25) is 4.90 Å². The predicted octanol–water partition coefficient (Wildman–Crippen LogP) is 10.9. The first-order chi connectivity index (χ1) is 23.6. The zero-order valence-corrected chi connectivity index (χ0v) is 33.9. The molecular weight excluding hydrogens is 628 g/mol. The van der Waals surface area contributed by atoms with E-state index in [0.29, 0.717) is 18.7 Å². The first kappa shape index (κ1) is 45.5. The number of halogens is 1. The van der Waals surface area contributed by atoms with Crippen molar-refractivity contribution < 1.29 is 4.39 Å². The molecule has 4 rings (SSSR count). The summed E-state index contributed by atoms with van der Waals surface area (Å²) in [5.74, 6) is 0. The van der Waals surface area contributed by atoms with E-state index >= 15 is 0 Å². The summed E-state index contributed by atoms with van der Waals surface area (Å²) >= 11 is 0. The molecule has 0 aromatic heterocycles. The van der Waals surface area contributed by atoms with E-state index in [9.17, 15) is 4.39 Å². The summed E-state index contributed by atoms with van der Waals surface area (Å²) in [7, 11) is 0. The Morgan fingerprint density at radius 2 is 1.25 bits per heavy atom. The van der Waals surface area contributed by atoms with Crippen LogP contribution in [0.3, 0.4) is 0 Å². The molecule has 0 spiro atoms. The number of benzene rings is 3. The minimum Gasteiger partial charge on any atom is -0.330 e. The molecule has 3 aromatic rings. The first-order valence-electron chi connectivity index (χ1n) is 18.4. The molecule has 1 heterocycles. The van der Waals surface area contributed by atoms with Crippen LogP contribution in [-0.2, 0) is 28.5 Å². The van der Waals surface area contributed by atoms with Crippen molar-refractivity contribution in [2.75, 3.05) is 26.2 Å². The van der Waals surface area contributed by atoms with Crippen LogP contribution in [0.4, 0.5) is 4.39 Å². The maximum absolute atomic E-state index is 13.8. The van der Waals surface area contributed by atoms with Crippen LogP contribution in [0.5, 0.6) is 0 Å². The molecule has 0 atom stereocenters. The SMILES string of the molecule is C=CC(=C)C.CC(C)(F)c1cccc(C(C)(C)CN)c1.Cc1cc(CN2CCCCC2)cc(C(C)(C)CN)c1.Cc1cccc(C(C)(C)C#N)c1. The number of rotatable bonds is 9. The van der Waals surface area contributed by atoms with Gasteiger partial charge in [0.05, 0.1) is 11.5 Å². The summed E-state index contributed by atoms with van der Waals surface area (Å²) in [5, 5.41) is 8.89. The van der Waals surface area contributed by atoms with Crippen LogP contribution in [0.15, 0.2) is 91.5 Å². The van der Waals surface area contributed by atoms with Crippen molar-refractivity contribution in [1.82, 2.24) is 4.90 Å². The van der Waals surface area contributed by atoms with Gasteiger partial charge in [-0.05, 0) is 102 Å². The van der Waals surface area contributed by atoms with E-state index in [-0.39, 0.29) is 16.2 Å². The van der Waals surface area contributed by atoms with Gasteiger partial charge in [0.25, 0.3) is 0 Å². The fourth-order valence-corrected chi connectivity index (χ4v) is 5.36. The van der Waals surface area contributed by atoms with Crippen LogP contribution < -0.4 is 11.5 Å². The van der Waals surface area contributed by atoms with Crippen molar-refractivity contribution in [2.24, 2.45) is 11.5 Å². The Morgan fingerprint density at radius 3 is 1.75 bits per heavy atom. The average Bonchev–Trinajstić information content (AvgIpc) is 3.09. The molecule has 0 aliphatic carbocycles. The monoisotopic (exact) mass is 697 g/mol. The van der Waals surface area contributed by atoms with Gasteiger partial charge >= 0.3 is 0 Å². The number of hydrogen-bond donors (Lipinski definition) is 2. The molecule has 0 radical (unpaired) electrons. The molecule has 1 aliphatic heterocycles. The van der Waals surface area contributed by atoms with Crippen molar-refractivity contribution in [3.05, 3.63) is 130 Å². The van der Waals surface area contributed by atoms with Gasteiger partial charge in [-0.2, -0.15) is 5.26 Å². The molecule has 1 saturated heterocycles. The van der Waals surface area contributed by atoms with E-state index in [0.717, 1.165) is 23.2 Å². The molecule has 4 nitrogen and oxygen atoms in total. The predicted molar refractivity (Wildman–Crippen MR) is 220 cm³/mol. The van der Waals surface area contributed by atoms with Gasteiger partial charge in [-0.15, -0.1) is 0 Å². The van der Waals surface area contributed by atoms with E-state index in [1.807, 2.05) is 70.2 Å². The third kappa shape index (κ3) is 16.1. The number of piperidine rings is 1. The molecule has 280 valence electrons. The lowest BCUT2D eigenvalue weighted by Crippen LogP contribution is -2.30. The molecule has 5 heteroatoms. The Hall–Kier alpha value is -3.56. The van der Waals surface area contributed by atoms with Gasteiger partial charge < -0.3 is 11.5 Å². The Morgan fingerprint density at radius 1 is 0.765 bits per heavy atom. The second-order valence-electron chi connectivity index (χ2n) is 16.4. The summed E-state index contributed by atoms with van der Waals surface area (Å²) in [4.78, 5) is 2.58. The Bertz CT molecular complexity index is 1560. The Labute approximate surface area is 311 Å². The lowest BCUT2D eigenvalue weighted by molar-refractivity contribution is 0.221. The summed E-state index contributed by atoms with van der Waals surface area (Å²) < 4.78 is 13.8. The molecule has 51 heavy (non-hydrogen) atoms. The van der Waals surface area contributed by atoms with Crippen molar-refractivity contribution in [2.45, 2.75) is 124 Å². The zero-order valence-electron chi connectivity index (χ0n) is 33.9. The normalized spacial score (nSPS) is 13.6. The van der Waals surface area contributed by atoms with E-state index in [2.05, 4.69) is 83.0 Å². The molecule has 1 aliphatic rings. The molecule has 0 amide bonds. The van der Waals surface area contributed by atoms with Crippen molar-refractivity contribution in [3.63, 3.8) is 0 Å². The van der Waals surface area contributed by atoms with Gasteiger partial charge in [-0.25, -0.2) is 4.39 Å². The number of aryl methyl sites for hydroxylation is 2. The molecule has 1 fully saturated rings. The summed E-state index contributed by atoms with van der Waals surface area (Å²) in [6.07, 6.45) is 5.83. The average molecular weight is 697 g/mol. The fourth-order valence-electron chi connectivity index (χ4n) is 5.36. The van der Waals surface area contributed by atoms with Crippen LogP contribution in [0.2, 0.25) is 0 Å². The minimum atomic E-state index is -1.29. The third-order valence-corrected chi connectivity index (χ3v) is 9.49. The van der Waals surface area contributed by atoms with Crippen LogP contribution in [0.1, 0.15) is 121 Å². The molecular formula is C46H69FN4. The number of allylic oxidation sites excluding steroid dienone is 2. The molecule has 0 unspecified atom stereocenters. The van der Waals surface area contributed by atoms with Crippen molar-refractivity contribution in [1.29, 1.82) is 5.26 Å². The number of nitrogens with zero attached hydrogens (tertiary/aromatic N) is 2. The highest BCUT2D eigenvalue weighted by Gasteiger charge is 2.24. The number of hydrogen-bond acceptors (Lipinski definition) is 4. The highest BCUT2D eigenvalue weighted by Crippen LogP contribution is 2.30. The summed E-state index contributed by atoms with van der Waals surface area (Å²) in [5.41, 5.74) is 19.2. The van der Waals surface area contributed by atoms with Crippen LogP contribution >= 0.6 is 0 Å². The van der Waals surface area contributed by atoms with Gasteiger partial charge in [0.1, 0.15) is 5.67 Å². The second-order valence-corrected chi connectivity index (χ2v) is 16.4. The van der Waals surface area contributed by atoms with E-state index < -0.39 is 5.67 Å². The van der Waals surface area contributed by atoms with E-state index in [4.69, 9.17) is 16.7 Å². The maximum atomic E-state index is 13.8. The second kappa shape index (κ2) is 20.5. The molecule has 3 aromatic carbocycles. The standard InChI is InChI=1S/C17H28N2.C13H20FN.C11H13N.C5H8/c1-14-9-15(12-19-7-5-4-6-8-19)11-16(10-14)17(2,3)13-18;1-12(2,9-15)10-6-5-7-11(8-10)13(3,4)14;1-9-5-4-6-10(7-9)11(2,3)8-12;1-4-5(2)3/h9-11H,4-8,12-13,18H2,1-3H3;5-8H,9,15H2,1-4H3;4-7H,1-3H3;4H,1-2H2,3H3. The fraction of sp³-hybridized carbons (Fsp3) is 0.500. The van der Waals surface area contributed by atoms with Gasteiger partial charge in [0.15, 0.2) is 0 Å². The first-order valence-corrected chi connectivity index (χ1v) is 18.4. The number of alkyl halides is 1. The van der Waals surface area contributed by atoms with Gasteiger partial charge in [0, 0.05) is 30.5 Å². The quantitative estimate of drug-likeness (QED) is 0.218. The minimum absolute atomic E-state index is 0.0721. The maximum Gasteiger partial charge on any atom is 0.130 e. The largest absolute Gasteiger partial charge is 0.330 e. The molecule has 0 bridgehead atoms. The molecule has 0 saturated carbocycles.